The van der Waals surface area contributed by atoms with E-state index in [9.17, 15) is 0 Å². The Morgan fingerprint density at radius 1 is 1.33 bits per heavy atom. The molecule has 1 aromatic rings. The van der Waals surface area contributed by atoms with Crippen LogP contribution in [0.1, 0.15) is 57.6 Å². The van der Waals surface area contributed by atoms with Gasteiger partial charge in [0.05, 0.1) is 6.61 Å². The molecular formula is C18H27NO2. The third-order valence-corrected chi connectivity index (χ3v) is 4.71. The summed E-state index contributed by atoms with van der Waals surface area (Å²) in [6.07, 6.45) is 6.04. The van der Waals surface area contributed by atoms with Crippen molar-refractivity contribution in [1.29, 1.82) is 0 Å². The van der Waals surface area contributed by atoms with Crippen molar-refractivity contribution in [3.63, 3.8) is 0 Å². The zero-order chi connectivity index (χ0) is 14.9. The van der Waals surface area contributed by atoms with Gasteiger partial charge in [0.1, 0.15) is 17.1 Å². The minimum atomic E-state index is 0.0704. The Morgan fingerprint density at radius 3 is 2.76 bits per heavy atom. The van der Waals surface area contributed by atoms with E-state index in [1.807, 2.05) is 13.1 Å². The van der Waals surface area contributed by atoms with Crippen molar-refractivity contribution >= 4 is 0 Å². The van der Waals surface area contributed by atoms with Gasteiger partial charge in [0.15, 0.2) is 0 Å². The Morgan fingerprint density at radius 2 is 2.10 bits per heavy atom. The molecule has 3 heteroatoms. The van der Waals surface area contributed by atoms with E-state index >= 15 is 0 Å². The van der Waals surface area contributed by atoms with Gasteiger partial charge < -0.3 is 14.8 Å². The van der Waals surface area contributed by atoms with Crippen LogP contribution in [-0.4, -0.2) is 19.3 Å². The quantitative estimate of drug-likeness (QED) is 0.906. The van der Waals surface area contributed by atoms with Gasteiger partial charge in [-0.15, -0.1) is 0 Å². The summed E-state index contributed by atoms with van der Waals surface area (Å²) in [7, 11) is 2.05. The molecule has 0 bridgehead atoms. The van der Waals surface area contributed by atoms with Crippen LogP contribution in [0.4, 0.5) is 0 Å². The highest BCUT2D eigenvalue weighted by molar-refractivity contribution is 5.44. The van der Waals surface area contributed by atoms with E-state index in [0.29, 0.717) is 12.0 Å². The minimum absolute atomic E-state index is 0.0704. The van der Waals surface area contributed by atoms with Gasteiger partial charge in [-0.2, -0.15) is 0 Å². The van der Waals surface area contributed by atoms with Crippen LogP contribution in [0.2, 0.25) is 0 Å². The molecule has 3 nitrogen and oxygen atoms in total. The molecule has 0 saturated heterocycles. The monoisotopic (exact) mass is 289 g/mol. The fourth-order valence-electron chi connectivity index (χ4n) is 3.58. The summed E-state index contributed by atoms with van der Waals surface area (Å²) >= 11 is 0. The van der Waals surface area contributed by atoms with Gasteiger partial charge >= 0.3 is 0 Å². The maximum Gasteiger partial charge on any atom is 0.125 e. The Labute approximate surface area is 128 Å². The normalized spacial score (nSPS) is 23.1. The topological polar surface area (TPSA) is 30.5 Å². The number of rotatable bonds is 4. The van der Waals surface area contributed by atoms with Crippen LogP contribution in [0.25, 0.3) is 0 Å². The molecule has 1 atom stereocenters. The van der Waals surface area contributed by atoms with Crippen LogP contribution in [0.15, 0.2) is 18.2 Å². The third-order valence-electron chi connectivity index (χ3n) is 4.71. The van der Waals surface area contributed by atoms with Crippen molar-refractivity contribution in [2.75, 3.05) is 13.7 Å². The van der Waals surface area contributed by atoms with Crippen molar-refractivity contribution in [3.05, 3.63) is 23.8 Å². The first-order chi connectivity index (χ1) is 10.1. The molecule has 1 saturated carbocycles. The van der Waals surface area contributed by atoms with Crippen molar-refractivity contribution in [1.82, 2.24) is 5.32 Å². The molecule has 1 fully saturated rings. The summed E-state index contributed by atoms with van der Waals surface area (Å²) in [5.41, 5.74) is 1.32. The lowest BCUT2D eigenvalue weighted by atomic mass is 9.86. The van der Waals surface area contributed by atoms with Crippen LogP contribution in [-0.2, 0) is 0 Å². The van der Waals surface area contributed by atoms with Crippen LogP contribution in [0.5, 0.6) is 11.5 Å². The number of ether oxygens (including phenoxy) is 2. The van der Waals surface area contributed by atoms with Crippen molar-refractivity contribution < 1.29 is 9.47 Å². The summed E-state index contributed by atoms with van der Waals surface area (Å²) in [5, 5.41) is 3.47. The maximum atomic E-state index is 6.40. The van der Waals surface area contributed by atoms with E-state index in [0.717, 1.165) is 24.5 Å². The Bertz CT molecular complexity index is 492. The molecule has 3 rings (SSSR count). The van der Waals surface area contributed by atoms with Gasteiger partial charge in [-0.3, -0.25) is 0 Å². The van der Waals surface area contributed by atoms with Crippen molar-refractivity contribution in [2.45, 2.75) is 57.6 Å². The SMILES string of the molecule is CNC1CC2(CCCC2)Oc2ccc(OCC(C)C)cc21. The summed E-state index contributed by atoms with van der Waals surface area (Å²) in [4.78, 5) is 0. The summed E-state index contributed by atoms with van der Waals surface area (Å²) in [6, 6.07) is 6.66. The molecule has 116 valence electrons. The third kappa shape index (κ3) is 3.03. The molecule has 0 radical (unpaired) electrons. The first-order valence-electron chi connectivity index (χ1n) is 8.25. The minimum Gasteiger partial charge on any atom is -0.493 e. The molecular weight excluding hydrogens is 262 g/mol. The average Bonchev–Trinajstić information content (AvgIpc) is 2.92. The average molecular weight is 289 g/mol. The smallest absolute Gasteiger partial charge is 0.125 e. The zero-order valence-electron chi connectivity index (χ0n) is 13.4. The van der Waals surface area contributed by atoms with Gasteiger partial charge in [-0.05, 0) is 56.8 Å². The van der Waals surface area contributed by atoms with Crippen LogP contribution >= 0.6 is 0 Å². The Balaban J connectivity index is 1.83. The molecule has 1 unspecified atom stereocenters. The molecule has 0 amide bonds. The second-order valence-corrected chi connectivity index (χ2v) is 6.94. The Kier molecular flexibility index (Phi) is 4.12. The summed E-state index contributed by atoms with van der Waals surface area (Å²) < 4.78 is 12.3. The number of hydrogen-bond acceptors (Lipinski definition) is 3. The second-order valence-electron chi connectivity index (χ2n) is 6.94. The van der Waals surface area contributed by atoms with E-state index in [4.69, 9.17) is 9.47 Å². The first kappa shape index (κ1) is 14.7. The Hall–Kier alpha value is -1.22. The molecule has 1 heterocycles. The van der Waals surface area contributed by atoms with Gasteiger partial charge in [-0.25, -0.2) is 0 Å². The number of benzene rings is 1. The van der Waals surface area contributed by atoms with Gasteiger partial charge in [0, 0.05) is 18.0 Å². The highest BCUT2D eigenvalue weighted by Crippen LogP contribution is 2.47. The number of nitrogens with one attached hydrogen (secondary N) is 1. The molecule has 2 aliphatic rings. The van der Waals surface area contributed by atoms with E-state index < -0.39 is 0 Å². The molecule has 1 aliphatic carbocycles. The largest absolute Gasteiger partial charge is 0.493 e. The number of hydrogen-bond donors (Lipinski definition) is 1. The van der Waals surface area contributed by atoms with Crippen molar-refractivity contribution in [3.8, 4) is 11.5 Å². The van der Waals surface area contributed by atoms with Crippen LogP contribution in [0, 0.1) is 5.92 Å². The van der Waals surface area contributed by atoms with Crippen molar-refractivity contribution in [2.24, 2.45) is 5.92 Å². The lowest BCUT2D eigenvalue weighted by Crippen LogP contribution is -2.41. The number of fused-ring (bicyclic) bond motifs is 1. The maximum absolute atomic E-state index is 6.40. The predicted molar refractivity (Wildman–Crippen MR) is 85.0 cm³/mol. The highest BCUT2D eigenvalue weighted by Gasteiger charge is 2.42. The molecule has 1 aromatic carbocycles. The van der Waals surface area contributed by atoms with E-state index in [2.05, 4.69) is 31.3 Å². The zero-order valence-corrected chi connectivity index (χ0v) is 13.4. The standard InChI is InChI=1S/C18H27NO2/c1-13(2)12-20-14-6-7-17-15(10-14)16(19-3)11-18(21-17)8-4-5-9-18/h6-7,10,13,16,19H,4-5,8-9,11-12H2,1-3H3. The van der Waals surface area contributed by atoms with Crippen LogP contribution < -0.4 is 14.8 Å². The molecule has 1 aliphatic heterocycles. The van der Waals surface area contributed by atoms with Crippen LogP contribution in [0.3, 0.4) is 0 Å². The highest BCUT2D eigenvalue weighted by atomic mass is 16.5. The second kappa shape index (κ2) is 5.88. The van der Waals surface area contributed by atoms with E-state index in [1.54, 1.807) is 0 Å². The van der Waals surface area contributed by atoms with E-state index in [-0.39, 0.29) is 5.60 Å². The lowest BCUT2D eigenvalue weighted by molar-refractivity contribution is 0.0378. The summed E-state index contributed by atoms with van der Waals surface area (Å²) in [5.74, 6) is 2.53. The summed E-state index contributed by atoms with van der Waals surface area (Å²) in [6.45, 7) is 5.09. The predicted octanol–water partition coefficient (Wildman–Crippen LogP) is 4.08. The molecule has 1 N–H and O–H groups in total. The van der Waals surface area contributed by atoms with Gasteiger partial charge in [-0.1, -0.05) is 13.8 Å². The molecule has 0 aromatic heterocycles. The van der Waals surface area contributed by atoms with E-state index in [1.165, 1.54) is 31.2 Å². The lowest BCUT2D eigenvalue weighted by Gasteiger charge is -2.40. The molecule has 21 heavy (non-hydrogen) atoms. The first-order valence-corrected chi connectivity index (χ1v) is 8.25. The van der Waals surface area contributed by atoms with Gasteiger partial charge in [0.25, 0.3) is 0 Å². The fraction of sp³-hybridized carbons (Fsp3) is 0.667. The fourth-order valence-corrected chi connectivity index (χ4v) is 3.58. The van der Waals surface area contributed by atoms with Gasteiger partial charge in [0.2, 0.25) is 0 Å². The molecule has 1 spiro atoms.